The molecule has 2 heterocycles. The highest BCUT2D eigenvalue weighted by atomic mass is 35.5. The minimum atomic E-state index is -0.321. The van der Waals surface area contributed by atoms with E-state index >= 15 is 0 Å². The average molecular weight is 356 g/mol. The summed E-state index contributed by atoms with van der Waals surface area (Å²) in [4.78, 5) is 21.2. The number of halogens is 1. The molecule has 0 radical (unpaired) electrons. The first-order valence-corrected chi connectivity index (χ1v) is 8.49. The molecule has 0 saturated carbocycles. The van der Waals surface area contributed by atoms with Gasteiger partial charge in [0.15, 0.2) is 5.82 Å². The van der Waals surface area contributed by atoms with Gasteiger partial charge in [-0.15, -0.1) is 0 Å². The summed E-state index contributed by atoms with van der Waals surface area (Å²) in [5.41, 5.74) is 7.86. The van der Waals surface area contributed by atoms with Crippen molar-refractivity contribution in [2.75, 3.05) is 18.0 Å². The van der Waals surface area contributed by atoms with E-state index in [1.54, 1.807) is 0 Å². The van der Waals surface area contributed by atoms with Gasteiger partial charge in [-0.2, -0.15) is 10.2 Å². The molecule has 2 aromatic rings. The van der Waals surface area contributed by atoms with Crippen LogP contribution in [0.5, 0.6) is 0 Å². The molecule has 1 aliphatic rings. The fourth-order valence-corrected chi connectivity index (χ4v) is 3.33. The number of anilines is 1. The van der Waals surface area contributed by atoms with E-state index < -0.39 is 0 Å². The molecule has 0 unspecified atom stereocenters. The van der Waals surface area contributed by atoms with Crippen molar-refractivity contribution in [3.05, 3.63) is 52.4 Å². The summed E-state index contributed by atoms with van der Waals surface area (Å²) in [5, 5.41) is 9.38. The monoisotopic (exact) mass is 355 g/mol. The number of benzene rings is 1. The molecule has 1 saturated heterocycles. The molecular formula is C18H18ClN5O. The van der Waals surface area contributed by atoms with Gasteiger partial charge in [-0.05, 0) is 41.5 Å². The van der Waals surface area contributed by atoms with Gasteiger partial charge in [0.2, 0.25) is 11.2 Å². The van der Waals surface area contributed by atoms with Crippen LogP contribution >= 0.6 is 11.6 Å². The van der Waals surface area contributed by atoms with Crippen molar-refractivity contribution in [2.24, 2.45) is 5.73 Å². The van der Waals surface area contributed by atoms with Crippen LogP contribution in [0.3, 0.4) is 0 Å². The van der Waals surface area contributed by atoms with Crippen molar-refractivity contribution in [3.8, 4) is 6.07 Å². The maximum Gasteiger partial charge on any atom is 0.224 e. The van der Waals surface area contributed by atoms with E-state index in [0.29, 0.717) is 17.3 Å². The zero-order valence-electron chi connectivity index (χ0n) is 13.7. The third-order valence-corrected chi connectivity index (χ3v) is 4.67. The van der Waals surface area contributed by atoms with Gasteiger partial charge in [0.1, 0.15) is 11.6 Å². The Bertz CT molecular complexity index is 807. The molecule has 3 rings (SSSR count). The first-order valence-electron chi connectivity index (χ1n) is 8.11. The predicted molar refractivity (Wildman–Crippen MR) is 95.3 cm³/mol. The van der Waals surface area contributed by atoms with Gasteiger partial charge in [-0.25, -0.2) is 4.98 Å². The fraction of sp³-hybridized carbons (Fsp3) is 0.333. The van der Waals surface area contributed by atoms with Crippen LogP contribution in [0.25, 0.3) is 0 Å². The van der Waals surface area contributed by atoms with E-state index in [9.17, 15) is 10.1 Å². The number of nitrogens with zero attached hydrogens (tertiary/aromatic N) is 4. The van der Waals surface area contributed by atoms with Crippen LogP contribution in [-0.2, 0) is 11.2 Å². The molecule has 128 valence electrons. The summed E-state index contributed by atoms with van der Waals surface area (Å²) in [5.74, 6) is 0.734. The third kappa shape index (κ3) is 4.06. The summed E-state index contributed by atoms with van der Waals surface area (Å²) in [6.45, 7) is 1.60. The topological polar surface area (TPSA) is 95.9 Å². The minimum absolute atomic E-state index is 0.154. The van der Waals surface area contributed by atoms with Gasteiger partial charge < -0.3 is 10.6 Å². The highest BCUT2D eigenvalue weighted by molar-refractivity contribution is 6.28. The molecule has 2 N–H and O–H groups in total. The molecule has 0 aliphatic carbocycles. The Labute approximate surface area is 151 Å². The van der Waals surface area contributed by atoms with Crippen LogP contribution in [0.1, 0.15) is 35.4 Å². The number of hydrogen-bond donors (Lipinski definition) is 1. The number of rotatable bonds is 4. The Balaban J connectivity index is 1.67. The molecular weight excluding hydrogens is 338 g/mol. The molecule has 1 amide bonds. The molecule has 1 aromatic carbocycles. The Morgan fingerprint density at radius 3 is 2.60 bits per heavy atom. The second-order valence-electron chi connectivity index (χ2n) is 6.13. The third-order valence-electron chi connectivity index (χ3n) is 4.48. The summed E-state index contributed by atoms with van der Waals surface area (Å²) in [6, 6.07) is 10.2. The molecule has 6 nitrogen and oxygen atoms in total. The molecule has 1 aliphatic heterocycles. The van der Waals surface area contributed by atoms with Crippen molar-refractivity contribution in [3.63, 3.8) is 0 Å². The molecule has 1 fully saturated rings. The molecule has 0 spiro atoms. The number of aromatic nitrogens is 2. The number of carbonyl (C=O) groups is 1. The highest BCUT2D eigenvalue weighted by Crippen LogP contribution is 2.31. The first-order chi connectivity index (χ1) is 12.1. The van der Waals surface area contributed by atoms with Crippen molar-refractivity contribution in [1.82, 2.24) is 9.97 Å². The number of carbonyl (C=O) groups excluding carboxylic acids is 1. The zero-order chi connectivity index (χ0) is 17.8. The summed E-state index contributed by atoms with van der Waals surface area (Å²) in [6.07, 6.45) is 3.65. The van der Waals surface area contributed by atoms with E-state index in [-0.39, 0.29) is 17.6 Å². The minimum Gasteiger partial charge on any atom is -0.369 e. The molecule has 25 heavy (non-hydrogen) atoms. The first kappa shape index (κ1) is 17.2. The van der Waals surface area contributed by atoms with Gasteiger partial charge in [-0.3, -0.25) is 4.79 Å². The number of nitrogens with two attached hydrogens (primary N) is 1. The molecule has 0 atom stereocenters. The second-order valence-corrected chi connectivity index (χ2v) is 6.47. The maximum atomic E-state index is 11.0. The van der Waals surface area contributed by atoms with Crippen molar-refractivity contribution in [1.29, 1.82) is 5.26 Å². The standard InChI is InChI=1S/C18H18ClN5O/c19-18-22-11-15(10-20)17(23-18)24-7-5-14(6-8-24)13-3-1-12(2-4-13)9-16(21)25/h1-4,11,14H,5-9H2,(H2,21,25). The van der Waals surface area contributed by atoms with Gasteiger partial charge in [0, 0.05) is 13.1 Å². The second kappa shape index (κ2) is 7.49. The number of hydrogen-bond acceptors (Lipinski definition) is 5. The van der Waals surface area contributed by atoms with Crippen molar-refractivity contribution in [2.45, 2.75) is 25.2 Å². The largest absolute Gasteiger partial charge is 0.369 e. The van der Waals surface area contributed by atoms with Gasteiger partial charge in [0.25, 0.3) is 0 Å². The Kier molecular flexibility index (Phi) is 5.15. The van der Waals surface area contributed by atoms with Gasteiger partial charge in [-0.1, -0.05) is 24.3 Å². The molecule has 1 aromatic heterocycles. The van der Waals surface area contributed by atoms with Gasteiger partial charge in [0.05, 0.1) is 12.6 Å². The quantitative estimate of drug-likeness (QED) is 0.849. The lowest BCUT2D eigenvalue weighted by Crippen LogP contribution is -2.34. The lowest BCUT2D eigenvalue weighted by molar-refractivity contribution is -0.117. The summed E-state index contributed by atoms with van der Waals surface area (Å²) >= 11 is 5.88. The lowest BCUT2D eigenvalue weighted by Gasteiger charge is -2.33. The SMILES string of the molecule is N#Cc1cnc(Cl)nc1N1CCC(c2ccc(CC(N)=O)cc2)CC1. The number of piperidine rings is 1. The predicted octanol–water partition coefficient (Wildman–Crippen LogP) is 2.41. The number of primary amides is 1. The van der Waals surface area contributed by atoms with E-state index in [1.165, 1.54) is 11.8 Å². The Hall–Kier alpha value is -2.65. The Morgan fingerprint density at radius 1 is 1.32 bits per heavy atom. The Morgan fingerprint density at radius 2 is 2.00 bits per heavy atom. The van der Waals surface area contributed by atoms with E-state index in [1.807, 2.05) is 12.1 Å². The van der Waals surface area contributed by atoms with Crippen LogP contribution in [-0.4, -0.2) is 29.0 Å². The van der Waals surface area contributed by atoms with Crippen LogP contribution < -0.4 is 10.6 Å². The molecule has 7 heteroatoms. The zero-order valence-corrected chi connectivity index (χ0v) is 14.4. The van der Waals surface area contributed by atoms with Crippen LogP contribution in [0.15, 0.2) is 30.5 Å². The summed E-state index contributed by atoms with van der Waals surface area (Å²) < 4.78 is 0. The van der Waals surface area contributed by atoms with Crippen molar-refractivity contribution >= 4 is 23.3 Å². The van der Waals surface area contributed by atoms with E-state index in [4.69, 9.17) is 17.3 Å². The maximum absolute atomic E-state index is 11.0. The van der Waals surface area contributed by atoms with Crippen molar-refractivity contribution < 1.29 is 4.79 Å². The number of nitriles is 1. The van der Waals surface area contributed by atoms with Crippen LogP contribution in [0.4, 0.5) is 5.82 Å². The van der Waals surface area contributed by atoms with Gasteiger partial charge >= 0.3 is 0 Å². The fourth-order valence-electron chi connectivity index (χ4n) is 3.21. The molecule has 0 bridgehead atoms. The normalized spacial score (nSPS) is 15.0. The highest BCUT2D eigenvalue weighted by Gasteiger charge is 2.23. The van der Waals surface area contributed by atoms with Crippen LogP contribution in [0, 0.1) is 11.3 Å². The lowest BCUT2D eigenvalue weighted by atomic mass is 9.88. The van der Waals surface area contributed by atoms with Crippen LogP contribution in [0.2, 0.25) is 5.28 Å². The smallest absolute Gasteiger partial charge is 0.224 e. The van der Waals surface area contributed by atoms with E-state index in [2.05, 4.69) is 33.1 Å². The summed E-state index contributed by atoms with van der Waals surface area (Å²) in [7, 11) is 0. The average Bonchev–Trinajstić information content (AvgIpc) is 2.62. The number of amides is 1. The van der Waals surface area contributed by atoms with E-state index in [0.717, 1.165) is 31.5 Å².